The Morgan fingerprint density at radius 1 is 1.17 bits per heavy atom. The number of sulfonamides is 1. The highest BCUT2D eigenvalue weighted by atomic mass is 32.2. The average Bonchev–Trinajstić information content (AvgIpc) is 3.00. The summed E-state index contributed by atoms with van der Waals surface area (Å²) >= 11 is 0. The molecule has 1 N–H and O–H groups in total. The average molecular weight is 264 g/mol. The lowest BCUT2D eigenvalue weighted by Crippen LogP contribution is -2.22. The van der Waals surface area contributed by atoms with Gasteiger partial charge < -0.3 is 0 Å². The van der Waals surface area contributed by atoms with Gasteiger partial charge in [-0.05, 0) is 49.7 Å². The van der Waals surface area contributed by atoms with Crippen LogP contribution in [0, 0.1) is 11.8 Å². The van der Waals surface area contributed by atoms with Gasteiger partial charge in [0, 0.05) is 5.71 Å². The quantitative estimate of drug-likeness (QED) is 0.850. The first-order chi connectivity index (χ1) is 8.65. The Balaban J connectivity index is 1.76. The molecule has 2 fully saturated rings. The molecule has 2 bridgehead atoms. The third-order valence-corrected chi connectivity index (χ3v) is 5.10. The van der Waals surface area contributed by atoms with Crippen molar-refractivity contribution in [1.29, 1.82) is 0 Å². The van der Waals surface area contributed by atoms with E-state index < -0.39 is 10.0 Å². The Morgan fingerprint density at radius 3 is 2.56 bits per heavy atom. The van der Waals surface area contributed by atoms with Crippen LogP contribution in [0.2, 0.25) is 0 Å². The van der Waals surface area contributed by atoms with Crippen LogP contribution < -0.4 is 4.83 Å². The molecule has 2 aliphatic rings. The van der Waals surface area contributed by atoms with Gasteiger partial charge in [0.2, 0.25) is 0 Å². The van der Waals surface area contributed by atoms with Crippen molar-refractivity contribution in [3.8, 4) is 0 Å². The number of nitrogens with one attached hydrogen (secondary N) is 1. The van der Waals surface area contributed by atoms with Gasteiger partial charge in [0.25, 0.3) is 10.0 Å². The van der Waals surface area contributed by atoms with Crippen LogP contribution in [0.4, 0.5) is 0 Å². The van der Waals surface area contributed by atoms with Gasteiger partial charge in [-0.15, -0.1) is 0 Å². The van der Waals surface area contributed by atoms with Gasteiger partial charge in [0.1, 0.15) is 0 Å². The molecule has 3 rings (SSSR count). The van der Waals surface area contributed by atoms with Crippen molar-refractivity contribution < 1.29 is 8.42 Å². The highest BCUT2D eigenvalue weighted by molar-refractivity contribution is 7.89. The molecule has 2 aliphatic carbocycles. The van der Waals surface area contributed by atoms with E-state index in [0.717, 1.165) is 24.5 Å². The maximum Gasteiger partial charge on any atom is 0.276 e. The second kappa shape index (κ2) is 4.39. The van der Waals surface area contributed by atoms with E-state index in [1.54, 1.807) is 30.3 Å². The second-order valence-corrected chi connectivity index (χ2v) is 6.75. The molecule has 0 saturated heterocycles. The molecule has 2 atom stereocenters. The van der Waals surface area contributed by atoms with Crippen molar-refractivity contribution >= 4 is 15.7 Å². The third-order valence-electron chi connectivity index (χ3n) is 3.87. The minimum absolute atomic E-state index is 0.262. The van der Waals surface area contributed by atoms with Crippen molar-refractivity contribution in [1.82, 2.24) is 4.83 Å². The van der Waals surface area contributed by atoms with Crippen LogP contribution in [0.3, 0.4) is 0 Å². The molecule has 0 radical (unpaired) electrons. The molecule has 4 nitrogen and oxygen atoms in total. The Hall–Kier alpha value is -1.36. The van der Waals surface area contributed by atoms with Gasteiger partial charge in [0.05, 0.1) is 4.90 Å². The molecule has 5 heteroatoms. The number of nitrogens with zero attached hydrogens (tertiary/aromatic N) is 1. The topological polar surface area (TPSA) is 58.5 Å². The normalized spacial score (nSPS) is 28.8. The van der Waals surface area contributed by atoms with Crippen molar-refractivity contribution in [2.75, 3.05) is 0 Å². The van der Waals surface area contributed by atoms with E-state index in [1.165, 1.54) is 12.8 Å². The fourth-order valence-electron chi connectivity index (χ4n) is 2.93. The predicted octanol–water partition coefficient (Wildman–Crippen LogP) is 2.14. The minimum atomic E-state index is -3.50. The smallest absolute Gasteiger partial charge is 0.200 e. The van der Waals surface area contributed by atoms with Gasteiger partial charge in [0.15, 0.2) is 0 Å². The van der Waals surface area contributed by atoms with E-state index >= 15 is 0 Å². The van der Waals surface area contributed by atoms with Gasteiger partial charge in [-0.3, -0.25) is 0 Å². The molecule has 96 valence electrons. The monoisotopic (exact) mass is 264 g/mol. The fourth-order valence-corrected chi connectivity index (χ4v) is 3.79. The third kappa shape index (κ3) is 2.14. The van der Waals surface area contributed by atoms with Gasteiger partial charge in [-0.2, -0.15) is 13.5 Å². The van der Waals surface area contributed by atoms with E-state index in [4.69, 9.17) is 0 Å². The number of rotatable bonds is 3. The lowest BCUT2D eigenvalue weighted by atomic mass is 9.99. The van der Waals surface area contributed by atoms with Gasteiger partial charge in [-0.25, -0.2) is 4.83 Å². The van der Waals surface area contributed by atoms with E-state index in [1.807, 2.05) is 0 Å². The van der Waals surface area contributed by atoms with Crippen molar-refractivity contribution in [2.45, 2.75) is 30.6 Å². The van der Waals surface area contributed by atoms with E-state index in [9.17, 15) is 8.42 Å². The summed E-state index contributed by atoms with van der Waals surface area (Å²) in [4.78, 5) is 2.62. The zero-order chi connectivity index (χ0) is 12.6. The fraction of sp³-hybridized carbons (Fsp3) is 0.462. The lowest BCUT2D eigenvalue weighted by Gasteiger charge is -2.12. The zero-order valence-electron chi connectivity index (χ0n) is 10.0. The van der Waals surface area contributed by atoms with Crippen LogP contribution in [-0.2, 0) is 10.0 Å². The SMILES string of the molecule is O=S(=O)(N/N=C1/C[C@@H]2CC[C@@H]1C2)c1ccccc1. The maximum absolute atomic E-state index is 12.0. The molecule has 0 amide bonds. The molecule has 0 unspecified atom stereocenters. The summed E-state index contributed by atoms with van der Waals surface area (Å²) in [6, 6.07) is 8.35. The first-order valence-corrected chi connectivity index (χ1v) is 7.77. The Bertz CT molecular complexity index is 566. The van der Waals surface area contributed by atoms with E-state index in [2.05, 4.69) is 9.93 Å². The summed E-state index contributed by atoms with van der Waals surface area (Å²) in [6.07, 6.45) is 4.58. The number of benzene rings is 1. The van der Waals surface area contributed by atoms with Gasteiger partial charge in [-0.1, -0.05) is 18.2 Å². The van der Waals surface area contributed by atoms with E-state index in [0.29, 0.717) is 5.92 Å². The largest absolute Gasteiger partial charge is 0.276 e. The van der Waals surface area contributed by atoms with E-state index in [-0.39, 0.29) is 4.90 Å². The maximum atomic E-state index is 12.0. The lowest BCUT2D eigenvalue weighted by molar-refractivity contribution is 0.579. The second-order valence-electron chi connectivity index (χ2n) is 5.09. The van der Waals surface area contributed by atoms with Crippen LogP contribution in [0.1, 0.15) is 25.7 Å². The molecule has 0 aromatic heterocycles. The molecular formula is C13H16N2O2S. The van der Waals surface area contributed by atoms with Crippen LogP contribution >= 0.6 is 0 Å². The predicted molar refractivity (Wildman–Crippen MR) is 69.6 cm³/mol. The molecule has 0 spiro atoms. The number of hydrogen-bond acceptors (Lipinski definition) is 3. The highest BCUT2D eigenvalue weighted by Crippen LogP contribution is 2.42. The number of hydrazone groups is 1. The summed E-state index contributed by atoms with van der Waals surface area (Å²) in [5, 5.41) is 4.13. The Morgan fingerprint density at radius 2 is 1.94 bits per heavy atom. The Labute approximate surface area is 107 Å². The number of fused-ring (bicyclic) bond motifs is 2. The zero-order valence-corrected chi connectivity index (χ0v) is 10.9. The highest BCUT2D eigenvalue weighted by Gasteiger charge is 2.36. The van der Waals surface area contributed by atoms with Crippen LogP contribution in [0.5, 0.6) is 0 Å². The van der Waals surface area contributed by atoms with Gasteiger partial charge >= 0.3 is 0 Å². The molecule has 0 heterocycles. The standard InChI is InChI=1S/C13H16N2O2S/c16-18(17,12-4-2-1-3-5-12)15-14-13-9-10-6-7-11(13)8-10/h1-5,10-11,15H,6-9H2/b14-13-/t10-,11-/m1/s1. The summed E-state index contributed by atoms with van der Waals surface area (Å²) in [6.45, 7) is 0. The summed E-state index contributed by atoms with van der Waals surface area (Å²) in [7, 11) is -3.50. The minimum Gasteiger partial charge on any atom is -0.200 e. The summed E-state index contributed by atoms with van der Waals surface area (Å²) in [5.41, 5.74) is 1.03. The Kier molecular flexibility index (Phi) is 2.86. The van der Waals surface area contributed by atoms with Crippen molar-refractivity contribution in [3.63, 3.8) is 0 Å². The molecule has 18 heavy (non-hydrogen) atoms. The molecular weight excluding hydrogens is 248 g/mol. The molecule has 1 aromatic carbocycles. The first-order valence-electron chi connectivity index (χ1n) is 6.28. The molecule has 0 aliphatic heterocycles. The summed E-state index contributed by atoms with van der Waals surface area (Å²) in [5.74, 6) is 1.24. The van der Waals surface area contributed by atoms with Crippen LogP contribution in [0.25, 0.3) is 0 Å². The van der Waals surface area contributed by atoms with Crippen molar-refractivity contribution in [2.24, 2.45) is 16.9 Å². The van der Waals surface area contributed by atoms with Crippen LogP contribution in [-0.4, -0.2) is 14.1 Å². The first kappa shape index (κ1) is 11.7. The number of hydrogen-bond donors (Lipinski definition) is 1. The summed E-state index contributed by atoms with van der Waals surface area (Å²) < 4.78 is 24.0. The molecule has 1 aromatic rings. The van der Waals surface area contributed by atoms with Crippen LogP contribution in [0.15, 0.2) is 40.3 Å². The molecule has 2 saturated carbocycles. The van der Waals surface area contributed by atoms with Crippen molar-refractivity contribution in [3.05, 3.63) is 30.3 Å².